The number of carbonyl (C=O) groups is 2. The highest BCUT2D eigenvalue weighted by Gasteiger charge is 2.26. The highest BCUT2D eigenvalue weighted by molar-refractivity contribution is 5.94. The second-order valence-corrected chi connectivity index (χ2v) is 6.34. The number of likely N-dealkylation sites (tertiary alicyclic amines) is 1. The van der Waals surface area contributed by atoms with Crippen molar-refractivity contribution >= 4 is 23.6 Å². The molecule has 0 radical (unpaired) electrons. The molecular formula is C21H21FN2O2. The molecule has 1 heterocycles. The normalized spacial score (nSPS) is 15.2. The standard InChI is InChI=1S/C21H21FN2O2/c22-18-6-4-5-16(15-18)9-10-20(25)24-13-11-17(12-14-24)21(26)23-19-7-2-1-3-8-19/h1-10,15,17H,11-14H2,(H,23,26)/b10-9+. The number of nitrogens with zero attached hydrogens (tertiary/aromatic N) is 1. The quantitative estimate of drug-likeness (QED) is 0.853. The molecule has 0 aliphatic carbocycles. The second kappa shape index (κ2) is 8.43. The third-order valence-electron chi connectivity index (χ3n) is 4.49. The fourth-order valence-corrected chi connectivity index (χ4v) is 3.01. The summed E-state index contributed by atoms with van der Waals surface area (Å²) in [6, 6.07) is 15.5. The minimum absolute atomic E-state index is 0.00129. The molecule has 134 valence electrons. The zero-order valence-electron chi connectivity index (χ0n) is 14.4. The molecule has 0 saturated carbocycles. The van der Waals surface area contributed by atoms with E-state index < -0.39 is 0 Å². The Morgan fingerprint density at radius 2 is 1.77 bits per heavy atom. The van der Waals surface area contributed by atoms with Gasteiger partial charge in [0.15, 0.2) is 0 Å². The lowest BCUT2D eigenvalue weighted by Gasteiger charge is -2.30. The number of hydrogen-bond acceptors (Lipinski definition) is 2. The van der Waals surface area contributed by atoms with Crippen molar-refractivity contribution in [3.05, 3.63) is 72.1 Å². The Kier molecular flexibility index (Phi) is 5.79. The van der Waals surface area contributed by atoms with Crippen LogP contribution in [0.25, 0.3) is 6.08 Å². The fourth-order valence-electron chi connectivity index (χ4n) is 3.01. The van der Waals surface area contributed by atoms with Crippen LogP contribution in [0.15, 0.2) is 60.7 Å². The Morgan fingerprint density at radius 1 is 1.04 bits per heavy atom. The van der Waals surface area contributed by atoms with Crippen molar-refractivity contribution in [1.29, 1.82) is 0 Å². The Morgan fingerprint density at radius 3 is 2.46 bits per heavy atom. The van der Waals surface area contributed by atoms with E-state index >= 15 is 0 Å². The Bertz CT molecular complexity index is 797. The summed E-state index contributed by atoms with van der Waals surface area (Å²) in [4.78, 5) is 26.3. The van der Waals surface area contributed by atoms with Crippen molar-refractivity contribution in [2.75, 3.05) is 18.4 Å². The number of amides is 2. The smallest absolute Gasteiger partial charge is 0.246 e. The third kappa shape index (κ3) is 4.79. The maximum atomic E-state index is 13.2. The lowest BCUT2D eigenvalue weighted by atomic mass is 9.95. The molecule has 4 nitrogen and oxygen atoms in total. The van der Waals surface area contributed by atoms with Crippen LogP contribution in [0.5, 0.6) is 0 Å². The molecule has 26 heavy (non-hydrogen) atoms. The van der Waals surface area contributed by atoms with E-state index in [2.05, 4.69) is 5.32 Å². The molecule has 1 fully saturated rings. The molecule has 5 heteroatoms. The van der Waals surface area contributed by atoms with Crippen LogP contribution in [-0.2, 0) is 9.59 Å². The molecule has 0 aromatic heterocycles. The van der Waals surface area contributed by atoms with Crippen LogP contribution < -0.4 is 5.32 Å². The number of halogens is 1. The topological polar surface area (TPSA) is 49.4 Å². The molecule has 0 bridgehead atoms. The van der Waals surface area contributed by atoms with E-state index in [1.807, 2.05) is 30.3 Å². The largest absolute Gasteiger partial charge is 0.339 e. The summed E-state index contributed by atoms with van der Waals surface area (Å²) < 4.78 is 13.2. The molecule has 1 aliphatic rings. The highest BCUT2D eigenvalue weighted by Crippen LogP contribution is 2.20. The van der Waals surface area contributed by atoms with E-state index in [9.17, 15) is 14.0 Å². The predicted octanol–water partition coefficient (Wildman–Crippen LogP) is 3.72. The second-order valence-electron chi connectivity index (χ2n) is 6.34. The monoisotopic (exact) mass is 352 g/mol. The number of carbonyl (C=O) groups excluding carboxylic acids is 2. The molecule has 0 atom stereocenters. The van der Waals surface area contributed by atoms with Crippen molar-refractivity contribution in [2.24, 2.45) is 5.92 Å². The molecule has 3 rings (SSSR count). The molecule has 1 N–H and O–H groups in total. The summed E-state index contributed by atoms with van der Waals surface area (Å²) >= 11 is 0. The summed E-state index contributed by atoms with van der Waals surface area (Å²) in [7, 11) is 0. The van der Waals surface area contributed by atoms with Crippen molar-refractivity contribution in [3.8, 4) is 0 Å². The number of hydrogen-bond donors (Lipinski definition) is 1. The first-order chi connectivity index (χ1) is 12.6. The van der Waals surface area contributed by atoms with Crippen LogP contribution in [0.1, 0.15) is 18.4 Å². The molecule has 1 saturated heterocycles. The van der Waals surface area contributed by atoms with E-state index in [1.165, 1.54) is 18.2 Å². The van der Waals surface area contributed by atoms with Gasteiger partial charge in [-0.3, -0.25) is 9.59 Å². The summed E-state index contributed by atoms with van der Waals surface area (Å²) in [5.74, 6) is -0.536. The van der Waals surface area contributed by atoms with Crippen LogP contribution in [0, 0.1) is 11.7 Å². The zero-order chi connectivity index (χ0) is 18.4. The Balaban J connectivity index is 1.50. The summed E-state index contributed by atoms with van der Waals surface area (Å²) in [6.07, 6.45) is 4.34. The lowest BCUT2D eigenvalue weighted by molar-refractivity contribution is -0.130. The fraction of sp³-hybridized carbons (Fsp3) is 0.238. The van der Waals surface area contributed by atoms with Gasteiger partial charge >= 0.3 is 0 Å². The molecule has 0 unspecified atom stereocenters. The van der Waals surface area contributed by atoms with Crippen LogP contribution in [0.3, 0.4) is 0 Å². The van der Waals surface area contributed by atoms with Gasteiger partial charge in [-0.2, -0.15) is 0 Å². The SMILES string of the molecule is O=C(Nc1ccccc1)C1CCN(C(=O)/C=C/c2cccc(F)c2)CC1. The first-order valence-corrected chi connectivity index (χ1v) is 8.70. The van der Waals surface area contributed by atoms with Crippen molar-refractivity contribution in [3.63, 3.8) is 0 Å². The third-order valence-corrected chi connectivity index (χ3v) is 4.49. The Hall–Kier alpha value is -2.95. The van der Waals surface area contributed by atoms with Crippen LogP contribution in [0.2, 0.25) is 0 Å². The molecule has 1 aliphatic heterocycles. The van der Waals surface area contributed by atoms with E-state index in [1.54, 1.807) is 23.1 Å². The molecule has 2 aromatic carbocycles. The maximum Gasteiger partial charge on any atom is 0.246 e. The number of benzene rings is 2. The first-order valence-electron chi connectivity index (χ1n) is 8.70. The van der Waals surface area contributed by atoms with Gasteiger partial charge in [-0.05, 0) is 48.7 Å². The van der Waals surface area contributed by atoms with Gasteiger partial charge in [0, 0.05) is 30.8 Å². The number of piperidine rings is 1. The molecule has 0 spiro atoms. The van der Waals surface area contributed by atoms with Crippen LogP contribution in [0.4, 0.5) is 10.1 Å². The van der Waals surface area contributed by atoms with Crippen molar-refractivity contribution in [1.82, 2.24) is 4.90 Å². The van der Waals surface area contributed by atoms with E-state index in [4.69, 9.17) is 0 Å². The van der Waals surface area contributed by atoms with Gasteiger partial charge in [0.2, 0.25) is 11.8 Å². The maximum absolute atomic E-state index is 13.2. The number of anilines is 1. The number of para-hydroxylation sites is 1. The predicted molar refractivity (Wildman–Crippen MR) is 99.8 cm³/mol. The van der Waals surface area contributed by atoms with Crippen LogP contribution in [-0.4, -0.2) is 29.8 Å². The van der Waals surface area contributed by atoms with E-state index in [0.29, 0.717) is 31.5 Å². The highest BCUT2D eigenvalue weighted by atomic mass is 19.1. The van der Waals surface area contributed by atoms with Gasteiger partial charge in [0.25, 0.3) is 0 Å². The number of nitrogens with one attached hydrogen (secondary N) is 1. The van der Waals surface area contributed by atoms with Gasteiger partial charge in [-0.1, -0.05) is 30.3 Å². The zero-order valence-corrected chi connectivity index (χ0v) is 14.4. The minimum Gasteiger partial charge on any atom is -0.339 e. The summed E-state index contributed by atoms with van der Waals surface area (Å²) in [5, 5.41) is 2.92. The molecular weight excluding hydrogens is 331 g/mol. The van der Waals surface area contributed by atoms with E-state index in [-0.39, 0.29) is 23.5 Å². The summed E-state index contributed by atoms with van der Waals surface area (Å²) in [5.41, 5.74) is 1.43. The van der Waals surface area contributed by atoms with Crippen LogP contribution >= 0.6 is 0 Å². The Labute approximate surface area is 152 Å². The number of rotatable bonds is 4. The van der Waals surface area contributed by atoms with E-state index in [0.717, 1.165) is 5.69 Å². The van der Waals surface area contributed by atoms with Gasteiger partial charge in [0.1, 0.15) is 5.82 Å². The van der Waals surface area contributed by atoms with Gasteiger partial charge < -0.3 is 10.2 Å². The average molecular weight is 352 g/mol. The van der Waals surface area contributed by atoms with Crippen molar-refractivity contribution in [2.45, 2.75) is 12.8 Å². The average Bonchev–Trinajstić information content (AvgIpc) is 2.67. The summed E-state index contributed by atoms with van der Waals surface area (Å²) in [6.45, 7) is 1.08. The first kappa shape index (κ1) is 17.9. The van der Waals surface area contributed by atoms with Gasteiger partial charge in [-0.15, -0.1) is 0 Å². The van der Waals surface area contributed by atoms with Gasteiger partial charge in [-0.25, -0.2) is 4.39 Å². The molecule has 2 aromatic rings. The minimum atomic E-state index is -0.329. The van der Waals surface area contributed by atoms with Gasteiger partial charge in [0.05, 0.1) is 0 Å². The molecule has 2 amide bonds. The lowest BCUT2D eigenvalue weighted by Crippen LogP contribution is -2.40. The van der Waals surface area contributed by atoms with Crippen molar-refractivity contribution < 1.29 is 14.0 Å².